The minimum Gasteiger partial charge on any atom is -0.468 e. The van der Waals surface area contributed by atoms with Gasteiger partial charge in [-0.2, -0.15) is 0 Å². The SMILES string of the molecule is COC(=O)[C@@H](CC(C)C)N[P@@](C)(=O)c1ccccc1. The number of nitrogens with one attached hydrogen (secondary N) is 1. The molecule has 1 aromatic carbocycles. The third kappa shape index (κ3) is 4.81. The first-order valence-electron chi connectivity index (χ1n) is 6.35. The van der Waals surface area contributed by atoms with Gasteiger partial charge in [-0.1, -0.05) is 44.2 Å². The van der Waals surface area contributed by atoms with Gasteiger partial charge in [-0.05, 0) is 12.3 Å². The highest BCUT2D eigenvalue weighted by atomic mass is 31.2. The Morgan fingerprint density at radius 2 is 1.89 bits per heavy atom. The Labute approximate surface area is 115 Å². The first-order chi connectivity index (χ1) is 8.86. The van der Waals surface area contributed by atoms with Crippen molar-refractivity contribution in [2.45, 2.75) is 26.3 Å². The van der Waals surface area contributed by atoms with Gasteiger partial charge in [0.15, 0.2) is 7.29 Å². The number of carbonyl (C=O) groups excluding carboxylic acids is 1. The Morgan fingerprint density at radius 3 is 2.37 bits per heavy atom. The van der Waals surface area contributed by atoms with E-state index < -0.39 is 13.3 Å². The van der Waals surface area contributed by atoms with Gasteiger partial charge in [0, 0.05) is 12.0 Å². The molecule has 0 aromatic heterocycles. The maximum absolute atomic E-state index is 12.7. The molecule has 106 valence electrons. The van der Waals surface area contributed by atoms with Crippen molar-refractivity contribution in [3.8, 4) is 0 Å². The summed E-state index contributed by atoms with van der Waals surface area (Å²) in [6.07, 6.45) is 0.595. The Balaban J connectivity index is 2.89. The molecule has 0 heterocycles. The number of hydrogen-bond donors (Lipinski definition) is 1. The van der Waals surface area contributed by atoms with Crippen LogP contribution in [0.25, 0.3) is 0 Å². The lowest BCUT2D eigenvalue weighted by Crippen LogP contribution is -2.38. The first-order valence-corrected chi connectivity index (χ1v) is 8.51. The zero-order valence-corrected chi connectivity index (χ0v) is 12.8. The Kier molecular flexibility index (Phi) is 5.77. The van der Waals surface area contributed by atoms with Crippen molar-refractivity contribution in [2.75, 3.05) is 13.8 Å². The molecule has 19 heavy (non-hydrogen) atoms. The van der Waals surface area contributed by atoms with Crippen molar-refractivity contribution in [1.29, 1.82) is 0 Å². The number of hydrogen-bond acceptors (Lipinski definition) is 3. The van der Waals surface area contributed by atoms with Crippen LogP contribution in [0.3, 0.4) is 0 Å². The van der Waals surface area contributed by atoms with Crippen LogP contribution in [0.1, 0.15) is 20.3 Å². The van der Waals surface area contributed by atoms with Crippen LogP contribution >= 0.6 is 7.29 Å². The van der Waals surface area contributed by atoms with Crippen LogP contribution in [0.15, 0.2) is 30.3 Å². The molecule has 0 aliphatic heterocycles. The van der Waals surface area contributed by atoms with E-state index in [1.54, 1.807) is 18.8 Å². The standard InChI is InChI=1S/C14H22NO3P/c1-11(2)10-13(14(16)18-3)15-19(4,17)12-8-6-5-7-9-12/h5-9,11,13H,10H2,1-4H3,(H,15,17)/t13-,19+/m1/s1. The minimum absolute atomic E-state index is 0.312. The summed E-state index contributed by atoms with van der Waals surface area (Å²) < 4.78 is 17.5. The molecule has 1 aromatic rings. The molecule has 2 atom stereocenters. The highest BCUT2D eigenvalue weighted by Gasteiger charge is 2.28. The van der Waals surface area contributed by atoms with Gasteiger partial charge in [0.05, 0.1) is 7.11 Å². The van der Waals surface area contributed by atoms with E-state index in [2.05, 4.69) is 5.09 Å². The minimum atomic E-state index is -2.78. The molecular formula is C14H22NO3P. The molecule has 0 radical (unpaired) electrons. The molecule has 0 amide bonds. The molecule has 0 aliphatic carbocycles. The molecule has 0 bridgehead atoms. The third-order valence-electron chi connectivity index (χ3n) is 2.84. The molecular weight excluding hydrogens is 261 g/mol. The highest BCUT2D eigenvalue weighted by Crippen LogP contribution is 2.36. The van der Waals surface area contributed by atoms with Crippen LogP contribution in [0.4, 0.5) is 0 Å². The number of rotatable bonds is 6. The average molecular weight is 283 g/mol. The summed E-state index contributed by atoms with van der Waals surface area (Å²) in [6.45, 7) is 5.67. The second-order valence-corrected chi connectivity index (χ2v) is 7.72. The zero-order valence-electron chi connectivity index (χ0n) is 11.9. The van der Waals surface area contributed by atoms with Crippen LogP contribution in [0, 0.1) is 5.92 Å². The predicted octanol–water partition coefficient (Wildman–Crippen LogP) is 2.40. The molecule has 0 fully saturated rings. The fourth-order valence-corrected chi connectivity index (χ4v) is 3.60. The smallest absolute Gasteiger partial charge is 0.323 e. The second kappa shape index (κ2) is 6.88. The van der Waals surface area contributed by atoms with Gasteiger partial charge in [0.2, 0.25) is 0 Å². The van der Waals surface area contributed by atoms with Crippen molar-refractivity contribution < 1.29 is 14.1 Å². The van der Waals surface area contributed by atoms with Crippen LogP contribution in [-0.4, -0.2) is 25.8 Å². The van der Waals surface area contributed by atoms with Crippen LogP contribution in [-0.2, 0) is 14.1 Å². The lowest BCUT2D eigenvalue weighted by Gasteiger charge is -2.23. The lowest BCUT2D eigenvalue weighted by molar-refractivity contribution is -0.143. The molecule has 0 saturated carbocycles. The van der Waals surface area contributed by atoms with Gasteiger partial charge in [-0.25, -0.2) is 5.09 Å². The topological polar surface area (TPSA) is 55.4 Å². The first kappa shape index (κ1) is 15.9. The molecule has 0 saturated heterocycles. The molecule has 5 heteroatoms. The summed E-state index contributed by atoms with van der Waals surface area (Å²) in [4.78, 5) is 11.8. The van der Waals surface area contributed by atoms with Gasteiger partial charge in [-0.3, -0.25) is 4.79 Å². The molecule has 1 N–H and O–H groups in total. The van der Waals surface area contributed by atoms with Crippen molar-refractivity contribution in [3.05, 3.63) is 30.3 Å². The maximum atomic E-state index is 12.7. The summed E-state index contributed by atoms with van der Waals surface area (Å²) in [6, 6.07) is 8.61. The molecule has 1 rings (SSSR count). The normalized spacial score (nSPS) is 15.8. The van der Waals surface area contributed by atoms with E-state index in [1.165, 1.54) is 7.11 Å². The number of carbonyl (C=O) groups is 1. The summed E-state index contributed by atoms with van der Waals surface area (Å²) in [5.74, 6) is -0.0564. The van der Waals surface area contributed by atoms with E-state index in [1.807, 2.05) is 32.0 Å². The van der Waals surface area contributed by atoms with Gasteiger partial charge in [-0.15, -0.1) is 0 Å². The van der Waals surface area contributed by atoms with E-state index in [4.69, 9.17) is 4.74 Å². The van der Waals surface area contributed by atoms with Gasteiger partial charge < -0.3 is 9.30 Å². The predicted molar refractivity (Wildman–Crippen MR) is 78.0 cm³/mol. The van der Waals surface area contributed by atoms with Gasteiger partial charge in [0.1, 0.15) is 6.04 Å². The largest absolute Gasteiger partial charge is 0.468 e. The molecule has 4 nitrogen and oxygen atoms in total. The number of methoxy groups -OCH3 is 1. The van der Waals surface area contributed by atoms with Crippen molar-refractivity contribution in [1.82, 2.24) is 5.09 Å². The lowest BCUT2D eigenvalue weighted by atomic mass is 10.1. The monoisotopic (exact) mass is 283 g/mol. The van der Waals surface area contributed by atoms with E-state index in [0.717, 1.165) is 0 Å². The Morgan fingerprint density at radius 1 is 1.32 bits per heavy atom. The zero-order chi connectivity index (χ0) is 14.5. The van der Waals surface area contributed by atoms with Gasteiger partial charge in [0.25, 0.3) is 0 Å². The summed E-state index contributed by atoms with van der Waals surface area (Å²) in [7, 11) is -1.43. The van der Waals surface area contributed by atoms with Crippen molar-refractivity contribution in [3.63, 3.8) is 0 Å². The van der Waals surface area contributed by atoms with Crippen LogP contribution in [0.5, 0.6) is 0 Å². The Hall–Kier alpha value is -1.12. The molecule has 0 unspecified atom stereocenters. The second-order valence-electron chi connectivity index (χ2n) is 5.09. The van der Waals surface area contributed by atoms with Crippen LogP contribution in [0.2, 0.25) is 0 Å². The summed E-state index contributed by atoms with van der Waals surface area (Å²) in [5, 5.41) is 3.69. The van der Waals surface area contributed by atoms with Crippen molar-refractivity contribution >= 4 is 18.6 Å². The summed E-state index contributed by atoms with van der Waals surface area (Å²) >= 11 is 0. The number of ether oxygens (including phenoxy) is 1. The quantitative estimate of drug-likeness (QED) is 0.643. The molecule has 0 aliphatic rings. The van der Waals surface area contributed by atoms with E-state index >= 15 is 0 Å². The number of benzene rings is 1. The maximum Gasteiger partial charge on any atom is 0.323 e. The van der Waals surface area contributed by atoms with Gasteiger partial charge >= 0.3 is 5.97 Å². The average Bonchev–Trinajstić information content (AvgIpc) is 2.37. The fraction of sp³-hybridized carbons (Fsp3) is 0.500. The fourth-order valence-electron chi connectivity index (χ4n) is 1.90. The van der Waals surface area contributed by atoms with E-state index in [0.29, 0.717) is 17.6 Å². The van der Waals surface area contributed by atoms with E-state index in [9.17, 15) is 9.36 Å². The van der Waals surface area contributed by atoms with Crippen LogP contribution < -0.4 is 10.4 Å². The number of esters is 1. The highest BCUT2D eigenvalue weighted by molar-refractivity contribution is 7.69. The third-order valence-corrected chi connectivity index (χ3v) is 4.93. The van der Waals surface area contributed by atoms with Crippen molar-refractivity contribution in [2.24, 2.45) is 5.92 Å². The molecule has 0 spiro atoms. The van der Waals surface area contributed by atoms with E-state index in [-0.39, 0.29) is 5.97 Å². The summed E-state index contributed by atoms with van der Waals surface area (Å²) in [5.41, 5.74) is 0. The Bertz CT molecular complexity index is 459.